The monoisotopic (exact) mass is 253 g/mol. The first kappa shape index (κ1) is 12.4. The van der Waals surface area contributed by atoms with E-state index < -0.39 is 0 Å². The molecule has 0 aromatic carbocycles. The summed E-state index contributed by atoms with van der Waals surface area (Å²) in [5.74, 6) is 0.143. The normalized spacial score (nSPS) is 41.2. The molecule has 0 atom stereocenters. The molecule has 3 aliphatic rings. The minimum atomic E-state index is -0.0808. The fraction of sp³-hybridized carbons (Fsp3) is 0.929. The number of hydrogen-bond acceptors (Lipinski definition) is 4. The van der Waals surface area contributed by atoms with Crippen LogP contribution in [0, 0.1) is 11.3 Å². The Morgan fingerprint density at radius 1 is 1.22 bits per heavy atom. The van der Waals surface area contributed by atoms with Crippen molar-refractivity contribution in [2.24, 2.45) is 11.3 Å². The van der Waals surface area contributed by atoms with Crippen LogP contribution >= 0.6 is 0 Å². The number of ether oxygens (including phenoxy) is 1. The summed E-state index contributed by atoms with van der Waals surface area (Å²) in [7, 11) is 1.48. The predicted molar refractivity (Wildman–Crippen MR) is 67.0 cm³/mol. The molecule has 2 saturated carbocycles. The molecule has 102 valence electrons. The van der Waals surface area contributed by atoms with E-state index in [1.807, 2.05) is 0 Å². The average molecular weight is 253 g/mol. The summed E-state index contributed by atoms with van der Waals surface area (Å²) < 4.78 is 4.79. The molecule has 0 amide bonds. The molecule has 4 heteroatoms. The number of aliphatic hydroxyl groups excluding tert-OH is 1. The van der Waals surface area contributed by atoms with Gasteiger partial charge in [-0.3, -0.25) is 4.79 Å². The van der Waals surface area contributed by atoms with Crippen molar-refractivity contribution in [1.82, 2.24) is 4.90 Å². The van der Waals surface area contributed by atoms with Crippen LogP contribution in [0.25, 0.3) is 0 Å². The second-order valence-electron chi connectivity index (χ2n) is 6.46. The van der Waals surface area contributed by atoms with Crippen molar-refractivity contribution in [1.29, 1.82) is 0 Å². The van der Waals surface area contributed by atoms with Crippen molar-refractivity contribution in [2.75, 3.05) is 20.2 Å². The van der Waals surface area contributed by atoms with Crippen LogP contribution in [-0.2, 0) is 9.53 Å². The van der Waals surface area contributed by atoms with Crippen LogP contribution in [0.4, 0.5) is 0 Å². The summed E-state index contributed by atoms with van der Waals surface area (Å²) in [6.07, 6.45) is 6.33. The Morgan fingerprint density at radius 2 is 1.83 bits per heavy atom. The molecular weight excluding hydrogens is 230 g/mol. The maximum Gasteiger partial charge on any atom is 0.308 e. The number of methoxy groups -OCH3 is 1. The molecule has 18 heavy (non-hydrogen) atoms. The van der Waals surface area contributed by atoms with Gasteiger partial charge in [0, 0.05) is 19.1 Å². The Balaban J connectivity index is 1.43. The molecule has 1 N–H and O–H groups in total. The van der Waals surface area contributed by atoms with Gasteiger partial charge < -0.3 is 14.7 Å². The number of aliphatic hydroxyl groups is 1. The van der Waals surface area contributed by atoms with Gasteiger partial charge in [-0.1, -0.05) is 0 Å². The van der Waals surface area contributed by atoms with E-state index in [2.05, 4.69) is 4.90 Å². The zero-order valence-electron chi connectivity index (χ0n) is 11.1. The van der Waals surface area contributed by atoms with E-state index in [4.69, 9.17) is 4.74 Å². The number of likely N-dealkylation sites (tertiary alicyclic amines) is 1. The smallest absolute Gasteiger partial charge is 0.308 e. The number of hydrogen-bond donors (Lipinski definition) is 1. The van der Waals surface area contributed by atoms with Gasteiger partial charge in [0.1, 0.15) is 0 Å². The Hall–Kier alpha value is -0.610. The molecule has 3 rings (SSSR count). The highest BCUT2D eigenvalue weighted by Gasteiger charge is 2.56. The zero-order chi connectivity index (χ0) is 12.8. The minimum Gasteiger partial charge on any atom is -0.469 e. The van der Waals surface area contributed by atoms with Crippen molar-refractivity contribution in [2.45, 2.75) is 50.7 Å². The van der Waals surface area contributed by atoms with Crippen LogP contribution in [-0.4, -0.2) is 48.3 Å². The van der Waals surface area contributed by atoms with Crippen LogP contribution in [0.3, 0.4) is 0 Å². The fourth-order valence-electron chi connectivity index (χ4n) is 4.10. The molecule has 0 bridgehead atoms. The molecule has 1 spiro atoms. The maximum absolute atomic E-state index is 11.4. The second-order valence-corrected chi connectivity index (χ2v) is 6.46. The first-order chi connectivity index (χ1) is 8.62. The molecule has 3 fully saturated rings. The Labute approximate surface area is 108 Å². The van der Waals surface area contributed by atoms with E-state index in [0.29, 0.717) is 11.5 Å². The molecular formula is C14H23NO3. The number of rotatable bonds is 2. The van der Waals surface area contributed by atoms with Crippen molar-refractivity contribution in [3.8, 4) is 0 Å². The predicted octanol–water partition coefficient (Wildman–Crippen LogP) is 1.17. The van der Waals surface area contributed by atoms with Crippen LogP contribution in [0.1, 0.15) is 38.5 Å². The quantitative estimate of drug-likeness (QED) is 0.751. The van der Waals surface area contributed by atoms with E-state index >= 15 is 0 Å². The van der Waals surface area contributed by atoms with Crippen molar-refractivity contribution in [3.63, 3.8) is 0 Å². The summed E-state index contributed by atoms with van der Waals surface area (Å²) in [6, 6.07) is 0.705. The highest BCUT2D eigenvalue weighted by atomic mass is 16.5. The number of carbonyl (C=O) groups excluding carboxylic acids is 1. The first-order valence-electron chi connectivity index (χ1n) is 7.12. The Kier molecular flexibility index (Phi) is 3.10. The van der Waals surface area contributed by atoms with Gasteiger partial charge in [0.05, 0.1) is 19.1 Å². The van der Waals surface area contributed by atoms with E-state index in [1.54, 1.807) is 0 Å². The van der Waals surface area contributed by atoms with E-state index in [0.717, 1.165) is 38.8 Å². The van der Waals surface area contributed by atoms with Crippen LogP contribution in [0.5, 0.6) is 0 Å². The molecule has 1 aliphatic heterocycles. The lowest BCUT2D eigenvalue weighted by Crippen LogP contribution is -2.58. The third-order valence-electron chi connectivity index (χ3n) is 5.25. The van der Waals surface area contributed by atoms with Gasteiger partial charge in [-0.2, -0.15) is 0 Å². The van der Waals surface area contributed by atoms with Crippen LogP contribution < -0.4 is 0 Å². The third kappa shape index (κ3) is 2.05. The first-order valence-corrected chi connectivity index (χ1v) is 7.12. The van der Waals surface area contributed by atoms with E-state index in [9.17, 15) is 9.90 Å². The highest BCUT2D eigenvalue weighted by molar-refractivity contribution is 5.73. The van der Waals surface area contributed by atoms with Gasteiger partial charge in [0.25, 0.3) is 0 Å². The molecule has 1 heterocycles. The highest BCUT2D eigenvalue weighted by Crippen LogP contribution is 2.60. The largest absolute Gasteiger partial charge is 0.469 e. The van der Waals surface area contributed by atoms with Crippen molar-refractivity contribution < 1.29 is 14.6 Å². The lowest BCUT2D eigenvalue weighted by atomic mass is 9.49. The number of nitrogens with zero attached hydrogens (tertiary/aromatic N) is 1. The summed E-state index contributed by atoms with van der Waals surface area (Å²) in [4.78, 5) is 13.9. The topological polar surface area (TPSA) is 49.8 Å². The van der Waals surface area contributed by atoms with Gasteiger partial charge in [-0.05, 0) is 43.9 Å². The zero-order valence-corrected chi connectivity index (χ0v) is 11.1. The summed E-state index contributed by atoms with van der Waals surface area (Å²) in [6.45, 7) is 2.09. The standard InChI is InChI=1S/C14H23NO3/c1-18-13(17)10-6-14(7-10)8-11(9-14)15-4-2-12(16)3-5-15/h10-12,16H,2-9H2,1H3. The van der Waals surface area contributed by atoms with Gasteiger partial charge in [-0.15, -0.1) is 0 Å². The Bertz CT molecular complexity index is 322. The Morgan fingerprint density at radius 3 is 2.39 bits per heavy atom. The second kappa shape index (κ2) is 4.49. The summed E-state index contributed by atoms with van der Waals surface area (Å²) in [5.41, 5.74) is 0.458. The molecule has 2 aliphatic carbocycles. The van der Waals surface area contributed by atoms with Crippen LogP contribution in [0.2, 0.25) is 0 Å². The maximum atomic E-state index is 11.4. The van der Waals surface area contributed by atoms with Gasteiger partial charge in [0.2, 0.25) is 0 Å². The molecule has 1 saturated heterocycles. The average Bonchev–Trinajstić information content (AvgIpc) is 2.27. The molecule has 0 aromatic rings. The number of esters is 1. The molecule has 0 unspecified atom stereocenters. The number of carbonyl (C=O) groups is 1. The van der Waals surface area contributed by atoms with Crippen molar-refractivity contribution >= 4 is 5.97 Å². The summed E-state index contributed by atoms with van der Waals surface area (Å²) >= 11 is 0. The van der Waals surface area contributed by atoms with Crippen molar-refractivity contribution in [3.05, 3.63) is 0 Å². The molecule has 0 aromatic heterocycles. The third-order valence-corrected chi connectivity index (χ3v) is 5.25. The molecule has 4 nitrogen and oxygen atoms in total. The number of piperidine rings is 1. The molecule has 0 radical (unpaired) electrons. The minimum absolute atomic E-state index is 0.0230. The lowest BCUT2D eigenvalue weighted by molar-refractivity contribution is -0.163. The van der Waals surface area contributed by atoms with Gasteiger partial charge in [-0.25, -0.2) is 0 Å². The fourth-order valence-corrected chi connectivity index (χ4v) is 4.10. The summed E-state index contributed by atoms with van der Waals surface area (Å²) in [5, 5.41) is 9.50. The SMILES string of the molecule is COC(=O)C1CC2(C1)CC(N1CCC(O)CC1)C2. The van der Waals surface area contributed by atoms with E-state index in [-0.39, 0.29) is 18.0 Å². The van der Waals surface area contributed by atoms with Crippen LogP contribution in [0.15, 0.2) is 0 Å². The van der Waals surface area contributed by atoms with Gasteiger partial charge in [0.15, 0.2) is 0 Å². The lowest BCUT2D eigenvalue weighted by Gasteiger charge is -2.59. The van der Waals surface area contributed by atoms with Gasteiger partial charge >= 0.3 is 5.97 Å². The van der Waals surface area contributed by atoms with E-state index in [1.165, 1.54) is 20.0 Å².